The first-order chi connectivity index (χ1) is 9.64. The summed E-state index contributed by atoms with van der Waals surface area (Å²) < 4.78 is 11.0. The molecule has 2 rings (SSSR count). The number of hydrogen-bond donors (Lipinski definition) is 1. The maximum Gasteiger partial charge on any atom is 0.116 e. The molecule has 2 atom stereocenters. The number of ether oxygens (including phenoxy) is 2. The molecule has 1 fully saturated rings. The summed E-state index contributed by atoms with van der Waals surface area (Å²) in [5.74, 6) is 0. The van der Waals surface area contributed by atoms with E-state index in [4.69, 9.17) is 14.5 Å². The second kappa shape index (κ2) is 6.98. The van der Waals surface area contributed by atoms with Crippen molar-refractivity contribution >= 4 is 11.3 Å². The van der Waals surface area contributed by atoms with Gasteiger partial charge >= 0.3 is 0 Å². The summed E-state index contributed by atoms with van der Waals surface area (Å²) in [6, 6.07) is 0. The molecule has 0 aliphatic heterocycles. The quantitative estimate of drug-likeness (QED) is 0.820. The number of hydrogen-bond acceptors (Lipinski definition) is 5. The van der Waals surface area contributed by atoms with E-state index >= 15 is 0 Å². The first-order valence-corrected chi connectivity index (χ1v) is 8.17. The van der Waals surface area contributed by atoms with Gasteiger partial charge in [-0.2, -0.15) is 0 Å². The van der Waals surface area contributed by atoms with Gasteiger partial charge in [0.2, 0.25) is 0 Å². The molecule has 114 valence electrons. The molecule has 0 aromatic carbocycles. The number of nitrogens with zero attached hydrogens (tertiary/aromatic N) is 1. The second-order valence-electron chi connectivity index (χ2n) is 5.52. The lowest BCUT2D eigenvalue weighted by atomic mass is 9.79. The van der Waals surface area contributed by atoms with Crippen molar-refractivity contribution in [3.63, 3.8) is 0 Å². The fraction of sp³-hybridized carbons (Fsp3) is 0.800. The molecule has 0 amide bonds. The van der Waals surface area contributed by atoms with Gasteiger partial charge in [0, 0.05) is 25.6 Å². The molecular weight excluding hydrogens is 272 g/mol. The Morgan fingerprint density at radius 2 is 2.15 bits per heavy atom. The Bertz CT molecular complexity index is 416. The molecule has 0 bridgehead atoms. The maximum absolute atomic E-state index is 5.80. The predicted octanol–water partition coefficient (Wildman–Crippen LogP) is 2.78. The summed E-state index contributed by atoms with van der Waals surface area (Å²) in [6.45, 7) is 5.77. The third-order valence-corrected chi connectivity index (χ3v) is 5.53. The minimum absolute atomic E-state index is 0.144. The van der Waals surface area contributed by atoms with Crippen molar-refractivity contribution < 1.29 is 9.47 Å². The van der Waals surface area contributed by atoms with Crippen molar-refractivity contribution in [2.24, 2.45) is 0 Å². The highest BCUT2D eigenvalue weighted by atomic mass is 32.1. The van der Waals surface area contributed by atoms with Crippen LogP contribution >= 0.6 is 11.3 Å². The second-order valence-corrected chi connectivity index (χ2v) is 6.72. The third kappa shape index (κ3) is 3.06. The first kappa shape index (κ1) is 15.9. The number of rotatable bonds is 6. The SMILES string of the molecule is COCCNC1(c2nc(C)c(C)s2)CCCCC1OC. The van der Waals surface area contributed by atoms with Gasteiger partial charge in [-0.15, -0.1) is 11.3 Å². The van der Waals surface area contributed by atoms with Gasteiger partial charge in [0.25, 0.3) is 0 Å². The summed E-state index contributed by atoms with van der Waals surface area (Å²) in [7, 11) is 3.55. The van der Waals surface area contributed by atoms with E-state index in [2.05, 4.69) is 19.2 Å². The fourth-order valence-electron chi connectivity index (χ4n) is 3.02. The summed E-state index contributed by atoms with van der Waals surface area (Å²) in [6.07, 6.45) is 4.82. The highest BCUT2D eigenvalue weighted by Gasteiger charge is 2.44. The number of methoxy groups -OCH3 is 2. The predicted molar refractivity (Wildman–Crippen MR) is 82.4 cm³/mol. The van der Waals surface area contributed by atoms with Crippen LogP contribution in [0.5, 0.6) is 0 Å². The molecule has 1 N–H and O–H groups in total. The van der Waals surface area contributed by atoms with Crippen LogP contribution in [0.2, 0.25) is 0 Å². The Kier molecular flexibility index (Phi) is 5.55. The van der Waals surface area contributed by atoms with Gasteiger partial charge in [0.05, 0.1) is 23.9 Å². The topological polar surface area (TPSA) is 43.4 Å². The van der Waals surface area contributed by atoms with E-state index in [-0.39, 0.29) is 11.6 Å². The largest absolute Gasteiger partial charge is 0.383 e. The molecule has 0 radical (unpaired) electrons. The van der Waals surface area contributed by atoms with E-state index in [1.165, 1.54) is 22.7 Å². The van der Waals surface area contributed by atoms with Crippen molar-refractivity contribution in [2.45, 2.75) is 51.2 Å². The molecule has 1 saturated carbocycles. The molecule has 1 aromatic rings. The molecule has 20 heavy (non-hydrogen) atoms. The molecule has 2 unspecified atom stereocenters. The third-order valence-electron chi connectivity index (χ3n) is 4.28. The van der Waals surface area contributed by atoms with Gasteiger partial charge < -0.3 is 14.8 Å². The zero-order valence-corrected chi connectivity index (χ0v) is 13.8. The van der Waals surface area contributed by atoms with Crippen LogP contribution in [0.1, 0.15) is 41.3 Å². The molecule has 1 aliphatic carbocycles. The Labute approximate surface area is 125 Å². The number of aromatic nitrogens is 1. The minimum atomic E-state index is -0.144. The Morgan fingerprint density at radius 1 is 1.35 bits per heavy atom. The minimum Gasteiger partial charge on any atom is -0.383 e. The van der Waals surface area contributed by atoms with Gasteiger partial charge in [-0.05, 0) is 26.7 Å². The van der Waals surface area contributed by atoms with Crippen LogP contribution in [0.25, 0.3) is 0 Å². The van der Waals surface area contributed by atoms with Gasteiger partial charge in [0.1, 0.15) is 5.01 Å². The van der Waals surface area contributed by atoms with Crippen LogP contribution in [-0.2, 0) is 15.0 Å². The van der Waals surface area contributed by atoms with Crippen LogP contribution in [0, 0.1) is 13.8 Å². The summed E-state index contributed by atoms with van der Waals surface area (Å²) in [5.41, 5.74) is 0.994. The average molecular weight is 298 g/mol. The monoisotopic (exact) mass is 298 g/mol. The number of aryl methyl sites for hydroxylation is 2. The summed E-state index contributed by atoms with van der Waals surface area (Å²) in [4.78, 5) is 6.12. The van der Waals surface area contributed by atoms with Crippen molar-refractivity contribution in [1.29, 1.82) is 0 Å². The summed E-state index contributed by atoms with van der Waals surface area (Å²) >= 11 is 1.80. The van der Waals surface area contributed by atoms with Crippen molar-refractivity contribution in [1.82, 2.24) is 10.3 Å². The molecule has 1 aromatic heterocycles. The van der Waals surface area contributed by atoms with Crippen molar-refractivity contribution in [2.75, 3.05) is 27.4 Å². The molecule has 0 saturated heterocycles. The van der Waals surface area contributed by atoms with Crippen LogP contribution < -0.4 is 5.32 Å². The Morgan fingerprint density at radius 3 is 2.75 bits per heavy atom. The van der Waals surface area contributed by atoms with Gasteiger partial charge in [-0.25, -0.2) is 4.98 Å². The molecule has 4 nitrogen and oxygen atoms in total. The average Bonchev–Trinajstić information content (AvgIpc) is 2.80. The lowest BCUT2D eigenvalue weighted by molar-refractivity contribution is -0.0179. The van der Waals surface area contributed by atoms with E-state index in [1.807, 2.05) is 7.11 Å². The molecule has 1 aliphatic rings. The Balaban J connectivity index is 2.31. The van der Waals surface area contributed by atoms with E-state index < -0.39 is 0 Å². The molecule has 1 heterocycles. The number of thiazole rings is 1. The summed E-state index contributed by atoms with van der Waals surface area (Å²) in [5, 5.41) is 4.87. The van der Waals surface area contributed by atoms with Crippen molar-refractivity contribution in [3.8, 4) is 0 Å². The van der Waals surface area contributed by atoms with E-state index in [0.717, 1.165) is 25.1 Å². The molecule has 5 heteroatoms. The highest BCUT2D eigenvalue weighted by Crippen LogP contribution is 2.41. The first-order valence-electron chi connectivity index (χ1n) is 7.35. The van der Waals surface area contributed by atoms with E-state index in [1.54, 1.807) is 18.4 Å². The molecular formula is C15H26N2O2S. The van der Waals surface area contributed by atoms with Crippen LogP contribution in [0.4, 0.5) is 0 Å². The van der Waals surface area contributed by atoms with Crippen LogP contribution in [0.3, 0.4) is 0 Å². The zero-order chi connectivity index (χ0) is 14.6. The maximum atomic E-state index is 5.80. The van der Waals surface area contributed by atoms with Gasteiger partial charge in [0.15, 0.2) is 0 Å². The number of nitrogens with one attached hydrogen (secondary N) is 1. The van der Waals surface area contributed by atoms with Gasteiger partial charge in [-0.1, -0.05) is 12.8 Å². The normalized spacial score (nSPS) is 26.9. The van der Waals surface area contributed by atoms with Crippen LogP contribution in [-0.4, -0.2) is 38.5 Å². The van der Waals surface area contributed by atoms with Crippen molar-refractivity contribution in [3.05, 3.63) is 15.6 Å². The Hall–Kier alpha value is -0.490. The van der Waals surface area contributed by atoms with E-state index in [0.29, 0.717) is 6.61 Å². The van der Waals surface area contributed by atoms with Crippen LogP contribution in [0.15, 0.2) is 0 Å². The highest BCUT2D eigenvalue weighted by molar-refractivity contribution is 7.11. The fourth-order valence-corrected chi connectivity index (χ4v) is 4.18. The zero-order valence-electron chi connectivity index (χ0n) is 13.0. The van der Waals surface area contributed by atoms with Gasteiger partial charge in [-0.3, -0.25) is 0 Å². The lowest BCUT2D eigenvalue weighted by Gasteiger charge is -2.42. The lowest BCUT2D eigenvalue weighted by Crippen LogP contribution is -2.55. The smallest absolute Gasteiger partial charge is 0.116 e. The standard InChI is InChI=1S/C15H26N2O2S/c1-11-12(2)20-14(17-11)15(16-9-10-18-3)8-6-5-7-13(15)19-4/h13,16H,5-10H2,1-4H3. The van der Waals surface area contributed by atoms with E-state index in [9.17, 15) is 0 Å². The molecule has 0 spiro atoms.